The molecule has 7 heteroatoms. The van der Waals surface area contributed by atoms with Gasteiger partial charge < -0.3 is 24.1 Å². The molecule has 3 fully saturated rings. The topological polar surface area (TPSA) is 81.0 Å². The van der Waals surface area contributed by atoms with Gasteiger partial charge in [-0.25, -0.2) is 0 Å². The third-order valence-electron chi connectivity index (χ3n) is 6.46. The Hall–Kier alpha value is -1.86. The average Bonchev–Trinajstić information content (AvgIpc) is 3.38. The van der Waals surface area contributed by atoms with Crippen molar-refractivity contribution in [3.63, 3.8) is 0 Å². The maximum absolute atomic E-state index is 13.0. The molecule has 28 heavy (non-hydrogen) atoms. The van der Waals surface area contributed by atoms with Gasteiger partial charge in [-0.3, -0.25) is 9.59 Å². The number of amides is 2. The number of aryl methyl sites for hydroxylation is 2. The highest BCUT2D eigenvalue weighted by Gasteiger charge is 2.63. The van der Waals surface area contributed by atoms with E-state index in [4.69, 9.17) is 13.9 Å². The molecule has 0 radical (unpaired) electrons. The predicted octanol–water partition coefficient (Wildman–Crippen LogP) is 2.06. The fraction of sp³-hybridized carbons (Fsp3) is 0.714. The second-order valence-electron chi connectivity index (χ2n) is 8.40. The van der Waals surface area contributed by atoms with Gasteiger partial charge in [0, 0.05) is 31.5 Å². The monoisotopic (exact) mass is 390 g/mol. The zero-order valence-corrected chi connectivity index (χ0v) is 17.0. The quantitative estimate of drug-likeness (QED) is 0.721. The van der Waals surface area contributed by atoms with Crippen LogP contribution in [0.2, 0.25) is 0 Å². The summed E-state index contributed by atoms with van der Waals surface area (Å²) in [5, 5.41) is 3.00. The van der Waals surface area contributed by atoms with E-state index in [0.29, 0.717) is 37.6 Å². The van der Waals surface area contributed by atoms with Crippen molar-refractivity contribution < 1.29 is 23.5 Å². The number of hydrogen-bond acceptors (Lipinski definition) is 5. The van der Waals surface area contributed by atoms with Crippen LogP contribution in [0.1, 0.15) is 48.1 Å². The number of hydrogen-bond donors (Lipinski definition) is 1. The Morgan fingerprint density at radius 1 is 1.39 bits per heavy atom. The summed E-state index contributed by atoms with van der Waals surface area (Å²) in [4.78, 5) is 26.9. The largest absolute Gasteiger partial charge is 0.466 e. The van der Waals surface area contributed by atoms with Gasteiger partial charge in [0.2, 0.25) is 5.91 Å². The van der Waals surface area contributed by atoms with Crippen LogP contribution in [0.3, 0.4) is 0 Å². The molecule has 3 aliphatic heterocycles. The molecular weight excluding hydrogens is 360 g/mol. The standard InChI is InChI=1S/C21H30N2O5/c1-4-7-26-11-19(24)22-9-16-17-10-23(12-21(17)6-5-18(16)28-21)20(25)15-8-13(2)27-14(15)3/h8,16-18H,4-7,9-12H2,1-3H3,(H,22,24)/t16-,17+,18+,21+/m0/s1. The first kappa shape index (κ1) is 19.5. The predicted molar refractivity (Wildman–Crippen MR) is 102 cm³/mol. The van der Waals surface area contributed by atoms with E-state index in [2.05, 4.69) is 5.32 Å². The normalized spacial score (nSPS) is 30.7. The van der Waals surface area contributed by atoms with Crippen molar-refractivity contribution in [2.45, 2.75) is 51.7 Å². The van der Waals surface area contributed by atoms with Crippen LogP contribution in [0.5, 0.6) is 0 Å². The summed E-state index contributed by atoms with van der Waals surface area (Å²) >= 11 is 0. The van der Waals surface area contributed by atoms with Crippen LogP contribution in [0.4, 0.5) is 0 Å². The van der Waals surface area contributed by atoms with Crippen LogP contribution in [-0.4, -0.2) is 61.3 Å². The van der Waals surface area contributed by atoms with Crippen molar-refractivity contribution >= 4 is 11.8 Å². The van der Waals surface area contributed by atoms with Crippen molar-refractivity contribution in [3.8, 4) is 0 Å². The van der Waals surface area contributed by atoms with Gasteiger partial charge >= 0.3 is 0 Å². The third kappa shape index (κ3) is 3.35. The smallest absolute Gasteiger partial charge is 0.257 e. The molecule has 3 saturated heterocycles. The first-order valence-corrected chi connectivity index (χ1v) is 10.3. The highest BCUT2D eigenvalue weighted by atomic mass is 16.5. The Morgan fingerprint density at radius 2 is 2.21 bits per heavy atom. The average molecular weight is 390 g/mol. The Kier molecular flexibility index (Phi) is 5.22. The number of carbonyl (C=O) groups is 2. The van der Waals surface area contributed by atoms with E-state index in [1.165, 1.54) is 0 Å². The minimum atomic E-state index is -0.249. The van der Waals surface area contributed by atoms with Gasteiger partial charge in [0.15, 0.2) is 0 Å². The number of carbonyl (C=O) groups excluding carboxylic acids is 2. The van der Waals surface area contributed by atoms with Crippen LogP contribution in [0, 0.1) is 25.7 Å². The molecule has 0 aromatic carbocycles. The Labute approximate surface area is 165 Å². The van der Waals surface area contributed by atoms with Crippen molar-refractivity contribution in [1.29, 1.82) is 0 Å². The van der Waals surface area contributed by atoms with E-state index in [-0.39, 0.29) is 42.0 Å². The zero-order chi connectivity index (χ0) is 19.9. The minimum Gasteiger partial charge on any atom is -0.466 e. The number of nitrogens with one attached hydrogen (secondary N) is 1. The second kappa shape index (κ2) is 7.52. The lowest BCUT2D eigenvalue weighted by Crippen LogP contribution is -2.42. The number of likely N-dealkylation sites (tertiary alicyclic amines) is 1. The third-order valence-corrected chi connectivity index (χ3v) is 6.46. The van der Waals surface area contributed by atoms with Crippen molar-refractivity contribution in [3.05, 3.63) is 23.2 Å². The molecule has 1 aromatic heterocycles. The van der Waals surface area contributed by atoms with E-state index in [1.54, 1.807) is 0 Å². The molecule has 1 N–H and O–H groups in total. The fourth-order valence-electron chi connectivity index (χ4n) is 5.22. The Morgan fingerprint density at radius 3 is 2.93 bits per heavy atom. The number of furan rings is 1. The zero-order valence-electron chi connectivity index (χ0n) is 17.0. The van der Waals surface area contributed by atoms with E-state index >= 15 is 0 Å². The summed E-state index contributed by atoms with van der Waals surface area (Å²) in [5.74, 6) is 1.86. The molecule has 1 aromatic rings. The van der Waals surface area contributed by atoms with Gasteiger partial charge in [0.1, 0.15) is 18.1 Å². The number of nitrogens with zero attached hydrogens (tertiary/aromatic N) is 1. The summed E-state index contributed by atoms with van der Waals surface area (Å²) in [6, 6.07) is 1.82. The van der Waals surface area contributed by atoms with E-state index in [0.717, 1.165) is 25.0 Å². The highest BCUT2D eigenvalue weighted by molar-refractivity contribution is 5.95. The Balaban J connectivity index is 1.40. The summed E-state index contributed by atoms with van der Waals surface area (Å²) in [5.41, 5.74) is 0.391. The van der Waals surface area contributed by atoms with Gasteiger partial charge in [-0.2, -0.15) is 0 Å². The molecule has 4 rings (SSSR count). The van der Waals surface area contributed by atoms with Crippen molar-refractivity contribution in [1.82, 2.24) is 10.2 Å². The number of ether oxygens (including phenoxy) is 2. The van der Waals surface area contributed by atoms with E-state index in [1.807, 2.05) is 31.7 Å². The lowest BCUT2D eigenvalue weighted by Gasteiger charge is -2.29. The van der Waals surface area contributed by atoms with Crippen molar-refractivity contribution in [2.75, 3.05) is 32.8 Å². The lowest BCUT2D eigenvalue weighted by molar-refractivity contribution is -0.126. The first-order chi connectivity index (χ1) is 13.4. The van der Waals surface area contributed by atoms with Gasteiger partial charge in [-0.05, 0) is 39.2 Å². The molecule has 0 saturated carbocycles. The molecule has 154 valence electrons. The Bertz CT molecular complexity index is 760. The second-order valence-corrected chi connectivity index (χ2v) is 8.40. The lowest BCUT2D eigenvalue weighted by atomic mass is 9.73. The molecule has 0 unspecified atom stereocenters. The number of fused-ring (bicyclic) bond motifs is 1. The van der Waals surface area contributed by atoms with Gasteiger partial charge in [-0.1, -0.05) is 6.92 Å². The molecule has 1 spiro atoms. The summed E-state index contributed by atoms with van der Waals surface area (Å²) in [6.45, 7) is 8.28. The molecule has 2 amide bonds. The van der Waals surface area contributed by atoms with E-state index in [9.17, 15) is 9.59 Å². The summed E-state index contributed by atoms with van der Waals surface area (Å²) in [6.07, 6.45) is 3.06. The maximum Gasteiger partial charge on any atom is 0.257 e. The molecule has 4 atom stereocenters. The van der Waals surface area contributed by atoms with Gasteiger partial charge in [0.05, 0.1) is 23.8 Å². The van der Waals surface area contributed by atoms with Gasteiger partial charge in [-0.15, -0.1) is 0 Å². The summed E-state index contributed by atoms with van der Waals surface area (Å²) in [7, 11) is 0. The van der Waals surface area contributed by atoms with Crippen LogP contribution in [-0.2, 0) is 14.3 Å². The molecule has 0 aliphatic carbocycles. The van der Waals surface area contributed by atoms with Crippen molar-refractivity contribution in [2.24, 2.45) is 11.8 Å². The molecule has 3 aliphatic rings. The highest BCUT2D eigenvalue weighted by Crippen LogP contribution is 2.54. The number of rotatable bonds is 7. The fourth-order valence-corrected chi connectivity index (χ4v) is 5.22. The molecule has 2 bridgehead atoms. The molecule has 7 nitrogen and oxygen atoms in total. The van der Waals surface area contributed by atoms with Crippen LogP contribution < -0.4 is 5.32 Å². The molecular formula is C21H30N2O5. The summed E-state index contributed by atoms with van der Waals surface area (Å²) < 4.78 is 17.2. The minimum absolute atomic E-state index is 0.0147. The molecule has 4 heterocycles. The SMILES string of the molecule is CCCOCC(=O)NC[C@H]1[C@H]2CN(C(=O)c3cc(C)oc3C)C[C@]23CC[C@H]1O3. The van der Waals surface area contributed by atoms with Crippen LogP contribution in [0.15, 0.2) is 10.5 Å². The first-order valence-electron chi connectivity index (χ1n) is 10.3. The van der Waals surface area contributed by atoms with Crippen LogP contribution >= 0.6 is 0 Å². The van der Waals surface area contributed by atoms with E-state index < -0.39 is 0 Å². The van der Waals surface area contributed by atoms with Crippen LogP contribution in [0.25, 0.3) is 0 Å². The maximum atomic E-state index is 13.0. The van der Waals surface area contributed by atoms with Gasteiger partial charge in [0.25, 0.3) is 5.91 Å².